The van der Waals surface area contributed by atoms with Crippen LogP contribution in [0, 0.1) is 0 Å². The zero-order chi connectivity index (χ0) is 10.8. The highest BCUT2D eigenvalue weighted by atomic mass is 35.5. The fourth-order valence-corrected chi connectivity index (χ4v) is 3.42. The third-order valence-electron chi connectivity index (χ3n) is 1.97. The first-order chi connectivity index (χ1) is 6.40. The van der Waals surface area contributed by atoms with Crippen molar-refractivity contribution in [3.8, 4) is 0 Å². The summed E-state index contributed by atoms with van der Waals surface area (Å²) in [4.78, 5) is 0. The van der Waals surface area contributed by atoms with Gasteiger partial charge in [-0.3, -0.25) is 9.09 Å². The molecule has 3 nitrogen and oxygen atoms in total. The maximum absolute atomic E-state index is 11.9. The lowest BCUT2D eigenvalue weighted by Gasteiger charge is -2.20. The molecule has 1 aliphatic rings. The van der Waals surface area contributed by atoms with Gasteiger partial charge in [0, 0.05) is 5.82 Å². The molecule has 0 fully saturated rings. The molecular formula is C9H16ClO3P. The molecular weight excluding hydrogens is 223 g/mol. The van der Waals surface area contributed by atoms with Crippen molar-refractivity contribution in [2.45, 2.75) is 39.2 Å². The van der Waals surface area contributed by atoms with E-state index in [1.807, 2.05) is 6.92 Å². The predicted octanol–water partition coefficient (Wildman–Crippen LogP) is 3.89. The second kappa shape index (κ2) is 4.36. The van der Waals surface area contributed by atoms with Gasteiger partial charge >= 0.3 is 7.60 Å². The van der Waals surface area contributed by atoms with Crippen molar-refractivity contribution in [2.24, 2.45) is 0 Å². The molecule has 5 heteroatoms. The van der Waals surface area contributed by atoms with E-state index in [9.17, 15) is 4.57 Å². The Balaban J connectivity index is 2.58. The van der Waals surface area contributed by atoms with Crippen LogP contribution in [0.1, 0.15) is 33.6 Å². The predicted molar refractivity (Wildman–Crippen MR) is 57.6 cm³/mol. The SMILES string of the molecule is CCCCOP1(=O)C=C(Cl)C(C)(C)O1. The lowest BCUT2D eigenvalue weighted by molar-refractivity contribution is 0.130. The number of hydrogen-bond acceptors (Lipinski definition) is 3. The van der Waals surface area contributed by atoms with Crippen molar-refractivity contribution >= 4 is 19.2 Å². The zero-order valence-electron chi connectivity index (χ0n) is 8.75. The Morgan fingerprint density at radius 2 is 2.29 bits per heavy atom. The van der Waals surface area contributed by atoms with Gasteiger partial charge in [0.25, 0.3) is 0 Å². The van der Waals surface area contributed by atoms with Crippen LogP contribution in [0.3, 0.4) is 0 Å². The number of hydrogen-bond donors (Lipinski definition) is 0. The van der Waals surface area contributed by atoms with Gasteiger partial charge in [0.2, 0.25) is 0 Å². The first kappa shape index (κ1) is 12.3. The summed E-state index contributed by atoms with van der Waals surface area (Å²) in [6, 6.07) is 0. The smallest absolute Gasteiger partial charge is 0.306 e. The third-order valence-corrected chi connectivity index (χ3v) is 4.52. The van der Waals surface area contributed by atoms with E-state index >= 15 is 0 Å². The summed E-state index contributed by atoms with van der Waals surface area (Å²) in [6.07, 6.45) is 1.88. The quantitative estimate of drug-likeness (QED) is 0.551. The maximum Gasteiger partial charge on any atom is 0.356 e. The van der Waals surface area contributed by atoms with Crippen molar-refractivity contribution in [1.82, 2.24) is 0 Å². The Hall–Kier alpha value is 0.180. The normalized spacial score (nSPS) is 30.4. The molecule has 0 amide bonds. The number of halogens is 1. The summed E-state index contributed by atoms with van der Waals surface area (Å²) in [7, 11) is -3.07. The molecule has 0 aliphatic carbocycles. The molecule has 0 radical (unpaired) electrons. The van der Waals surface area contributed by atoms with Crippen LogP contribution in [0.25, 0.3) is 0 Å². The van der Waals surface area contributed by atoms with Crippen LogP contribution >= 0.6 is 19.2 Å². The van der Waals surface area contributed by atoms with Gasteiger partial charge in [-0.25, -0.2) is 0 Å². The largest absolute Gasteiger partial charge is 0.356 e. The Bertz CT molecular complexity index is 286. The maximum atomic E-state index is 11.9. The van der Waals surface area contributed by atoms with Crippen LogP contribution in [-0.2, 0) is 13.6 Å². The third kappa shape index (κ3) is 2.83. The molecule has 0 bridgehead atoms. The van der Waals surface area contributed by atoms with Crippen LogP contribution in [0.15, 0.2) is 10.8 Å². The molecule has 1 unspecified atom stereocenters. The molecule has 0 saturated heterocycles. The second-order valence-electron chi connectivity index (χ2n) is 3.81. The first-order valence-corrected chi connectivity index (χ1v) is 6.72. The van der Waals surface area contributed by atoms with Crippen molar-refractivity contribution in [2.75, 3.05) is 6.61 Å². The molecule has 0 spiro atoms. The van der Waals surface area contributed by atoms with Gasteiger partial charge in [-0.15, -0.1) is 0 Å². The summed E-state index contributed by atoms with van der Waals surface area (Å²) in [5.74, 6) is 1.41. The Morgan fingerprint density at radius 3 is 2.71 bits per heavy atom. The molecule has 82 valence electrons. The van der Waals surface area contributed by atoms with E-state index in [4.69, 9.17) is 20.6 Å². The van der Waals surface area contributed by atoms with E-state index in [1.165, 1.54) is 5.82 Å². The summed E-state index contributed by atoms with van der Waals surface area (Å²) >= 11 is 5.88. The molecule has 0 aromatic carbocycles. The standard InChI is InChI=1S/C9H16ClO3P/c1-4-5-6-12-14(11)7-8(10)9(2,3)13-14/h7H,4-6H2,1-3H3. The average Bonchev–Trinajstić information content (AvgIpc) is 2.22. The van der Waals surface area contributed by atoms with Crippen LogP contribution < -0.4 is 0 Å². The molecule has 1 atom stereocenters. The highest BCUT2D eigenvalue weighted by Crippen LogP contribution is 2.61. The molecule has 0 saturated carbocycles. The van der Waals surface area contributed by atoms with E-state index in [0.29, 0.717) is 11.6 Å². The van der Waals surface area contributed by atoms with Gasteiger partial charge in [0.05, 0.1) is 11.6 Å². The lowest BCUT2D eigenvalue weighted by atomic mass is 10.1. The van der Waals surface area contributed by atoms with Gasteiger partial charge in [-0.2, -0.15) is 0 Å². The van der Waals surface area contributed by atoms with Crippen molar-refractivity contribution in [1.29, 1.82) is 0 Å². The Labute approximate surface area is 90.0 Å². The minimum Gasteiger partial charge on any atom is -0.306 e. The molecule has 1 aliphatic heterocycles. The Morgan fingerprint density at radius 1 is 1.64 bits per heavy atom. The summed E-state index contributed by atoms with van der Waals surface area (Å²) in [5, 5.41) is 0.456. The van der Waals surface area contributed by atoms with Crippen LogP contribution in [-0.4, -0.2) is 12.2 Å². The fraction of sp³-hybridized carbons (Fsp3) is 0.778. The summed E-state index contributed by atoms with van der Waals surface area (Å²) in [6.45, 7) is 6.04. The van der Waals surface area contributed by atoms with Gasteiger partial charge < -0.3 is 4.52 Å². The van der Waals surface area contributed by atoms with E-state index in [2.05, 4.69) is 0 Å². The molecule has 0 aromatic rings. The van der Waals surface area contributed by atoms with E-state index in [1.54, 1.807) is 13.8 Å². The number of rotatable bonds is 4. The highest BCUT2D eigenvalue weighted by Gasteiger charge is 2.41. The number of unbranched alkanes of at least 4 members (excludes halogenated alkanes) is 1. The van der Waals surface area contributed by atoms with Crippen molar-refractivity contribution in [3.05, 3.63) is 10.8 Å². The van der Waals surface area contributed by atoms with Gasteiger partial charge in [-0.1, -0.05) is 24.9 Å². The van der Waals surface area contributed by atoms with E-state index in [-0.39, 0.29) is 0 Å². The average molecular weight is 239 g/mol. The summed E-state index contributed by atoms with van der Waals surface area (Å²) < 4.78 is 22.4. The van der Waals surface area contributed by atoms with Crippen LogP contribution in [0.4, 0.5) is 0 Å². The van der Waals surface area contributed by atoms with Gasteiger partial charge in [0.1, 0.15) is 5.60 Å². The second-order valence-corrected chi connectivity index (χ2v) is 5.99. The topological polar surface area (TPSA) is 35.5 Å². The fourth-order valence-electron chi connectivity index (χ4n) is 1.08. The minimum absolute atomic E-state index is 0.449. The van der Waals surface area contributed by atoms with E-state index < -0.39 is 13.2 Å². The Kier molecular flexibility index (Phi) is 3.81. The summed E-state index contributed by atoms with van der Waals surface area (Å²) in [5.41, 5.74) is -0.677. The molecule has 1 heterocycles. The lowest BCUT2D eigenvalue weighted by Crippen LogP contribution is -2.18. The van der Waals surface area contributed by atoms with E-state index in [0.717, 1.165) is 12.8 Å². The highest BCUT2D eigenvalue weighted by molar-refractivity contribution is 7.57. The van der Waals surface area contributed by atoms with Crippen molar-refractivity contribution in [3.63, 3.8) is 0 Å². The van der Waals surface area contributed by atoms with Gasteiger partial charge in [0.15, 0.2) is 0 Å². The van der Waals surface area contributed by atoms with Gasteiger partial charge in [-0.05, 0) is 20.3 Å². The molecule has 1 rings (SSSR count). The molecule has 0 aromatic heterocycles. The monoisotopic (exact) mass is 238 g/mol. The van der Waals surface area contributed by atoms with Crippen LogP contribution in [0.5, 0.6) is 0 Å². The zero-order valence-corrected chi connectivity index (χ0v) is 10.4. The van der Waals surface area contributed by atoms with Crippen LogP contribution in [0.2, 0.25) is 0 Å². The van der Waals surface area contributed by atoms with Crippen molar-refractivity contribution < 1.29 is 13.6 Å². The molecule has 0 N–H and O–H groups in total. The molecule has 14 heavy (non-hydrogen) atoms. The minimum atomic E-state index is -3.07. The first-order valence-electron chi connectivity index (χ1n) is 4.73.